The van der Waals surface area contributed by atoms with Crippen LogP contribution in [0.25, 0.3) is 0 Å². The van der Waals surface area contributed by atoms with E-state index in [9.17, 15) is 18.0 Å². The van der Waals surface area contributed by atoms with Crippen molar-refractivity contribution in [2.45, 2.75) is 25.1 Å². The maximum atomic E-state index is 12.5. The van der Waals surface area contributed by atoms with Gasteiger partial charge in [0.25, 0.3) is 0 Å². The number of carbonyl (C=O) groups is 1. The van der Waals surface area contributed by atoms with Crippen molar-refractivity contribution in [2.24, 2.45) is 0 Å². The van der Waals surface area contributed by atoms with Crippen LogP contribution in [0.4, 0.5) is 18.9 Å². The van der Waals surface area contributed by atoms with Crippen molar-refractivity contribution >= 4 is 11.7 Å². The molecule has 18 heavy (non-hydrogen) atoms. The second-order valence-electron chi connectivity index (χ2n) is 4.17. The zero-order valence-corrected chi connectivity index (χ0v) is 9.31. The molecule has 0 unspecified atom stereocenters. The largest absolute Gasteiger partial charge is 0.478 e. The van der Waals surface area contributed by atoms with E-state index in [1.807, 2.05) is 0 Å². The van der Waals surface area contributed by atoms with Gasteiger partial charge in [-0.15, -0.1) is 0 Å². The van der Waals surface area contributed by atoms with E-state index in [1.165, 1.54) is 18.5 Å². The number of aromatic carboxylic acids is 1. The fourth-order valence-electron chi connectivity index (χ4n) is 1.79. The summed E-state index contributed by atoms with van der Waals surface area (Å²) in [4.78, 5) is 15.8. The van der Waals surface area contributed by atoms with E-state index >= 15 is 0 Å². The second-order valence-corrected chi connectivity index (χ2v) is 4.17. The lowest BCUT2D eigenvalue weighted by Crippen LogP contribution is -2.37. The number of pyridine rings is 1. The summed E-state index contributed by atoms with van der Waals surface area (Å²) in [5.74, 6) is -1.25. The summed E-state index contributed by atoms with van der Waals surface area (Å²) in [6, 6.07) is 0.970. The van der Waals surface area contributed by atoms with Gasteiger partial charge in [-0.2, -0.15) is 13.2 Å². The molecule has 1 aromatic rings. The highest BCUT2D eigenvalue weighted by atomic mass is 19.4. The summed E-state index contributed by atoms with van der Waals surface area (Å²) in [5, 5.41) is 8.98. The minimum absolute atomic E-state index is 0.0322. The molecule has 7 heteroatoms. The Morgan fingerprint density at radius 3 is 2.67 bits per heavy atom. The Balaban J connectivity index is 2.33. The van der Waals surface area contributed by atoms with Gasteiger partial charge in [-0.25, -0.2) is 4.79 Å². The van der Waals surface area contributed by atoms with Gasteiger partial charge in [0.05, 0.1) is 17.4 Å². The van der Waals surface area contributed by atoms with E-state index in [1.54, 1.807) is 0 Å². The smallest absolute Gasteiger partial charge is 0.405 e. The van der Waals surface area contributed by atoms with Gasteiger partial charge in [-0.1, -0.05) is 0 Å². The van der Waals surface area contributed by atoms with E-state index < -0.39 is 18.7 Å². The highest BCUT2D eigenvalue weighted by Crippen LogP contribution is 2.35. The third-order valence-corrected chi connectivity index (χ3v) is 2.68. The van der Waals surface area contributed by atoms with Crippen LogP contribution in [-0.4, -0.2) is 34.8 Å². The van der Waals surface area contributed by atoms with Crippen LogP contribution in [-0.2, 0) is 0 Å². The zero-order chi connectivity index (χ0) is 13.3. The molecule has 1 fully saturated rings. The zero-order valence-electron chi connectivity index (χ0n) is 9.31. The number of carboxylic acids is 1. The molecule has 98 valence electrons. The van der Waals surface area contributed by atoms with Crippen molar-refractivity contribution in [1.29, 1.82) is 0 Å². The summed E-state index contributed by atoms with van der Waals surface area (Å²) in [7, 11) is 0. The monoisotopic (exact) mass is 260 g/mol. The molecule has 0 spiro atoms. The van der Waals surface area contributed by atoms with Crippen molar-refractivity contribution in [1.82, 2.24) is 4.98 Å². The minimum atomic E-state index is -4.37. The van der Waals surface area contributed by atoms with Gasteiger partial charge in [0.15, 0.2) is 0 Å². The molecule has 4 nitrogen and oxygen atoms in total. The molecular weight excluding hydrogens is 249 g/mol. The summed E-state index contributed by atoms with van der Waals surface area (Å²) < 4.78 is 37.5. The van der Waals surface area contributed by atoms with E-state index in [-0.39, 0.29) is 17.3 Å². The number of carboxylic acid groups (broad SMARTS) is 1. The van der Waals surface area contributed by atoms with E-state index in [2.05, 4.69) is 4.98 Å². The third kappa shape index (κ3) is 2.91. The first-order valence-corrected chi connectivity index (χ1v) is 5.39. The average molecular weight is 260 g/mol. The molecule has 0 amide bonds. The molecule has 0 aliphatic heterocycles. The summed E-state index contributed by atoms with van der Waals surface area (Å²) >= 11 is 0. The number of hydrogen-bond donors (Lipinski definition) is 1. The van der Waals surface area contributed by atoms with E-state index in [4.69, 9.17) is 5.11 Å². The lowest BCUT2D eigenvalue weighted by Gasteiger charge is -2.26. The highest BCUT2D eigenvalue weighted by molar-refractivity contribution is 5.94. The Morgan fingerprint density at radius 1 is 1.50 bits per heavy atom. The molecule has 1 aliphatic rings. The minimum Gasteiger partial charge on any atom is -0.478 e. The normalized spacial score (nSPS) is 15.5. The van der Waals surface area contributed by atoms with Gasteiger partial charge in [0, 0.05) is 12.2 Å². The predicted molar refractivity (Wildman–Crippen MR) is 57.6 cm³/mol. The number of rotatable bonds is 4. The van der Waals surface area contributed by atoms with E-state index in [0.717, 1.165) is 4.90 Å². The lowest BCUT2D eigenvalue weighted by atomic mass is 10.2. The Hall–Kier alpha value is -1.79. The molecule has 1 heterocycles. The van der Waals surface area contributed by atoms with Crippen LogP contribution in [0.5, 0.6) is 0 Å². The maximum Gasteiger partial charge on any atom is 0.405 e. The molecule has 0 saturated heterocycles. The molecule has 1 saturated carbocycles. The SMILES string of the molecule is O=C(O)c1ccncc1N(CC(F)(F)F)C1CC1. The van der Waals surface area contributed by atoms with Gasteiger partial charge in [-0.3, -0.25) is 4.98 Å². The quantitative estimate of drug-likeness (QED) is 0.902. The molecule has 0 aromatic carbocycles. The molecular formula is C11H11F3N2O2. The Bertz CT molecular complexity index is 458. The topological polar surface area (TPSA) is 53.4 Å². The van der Waals surface area contributed by atoms with Crippen molar-refractivity contribution in [3.05, 3.63) is 24.0 Å². The number of aromatic nitrogens is 1. The average Bonchev–Trinajstić information content (AvgIpc) is 3.08. The van der Waals surface area contributed by atoms with Gasteiger partial charge in [0.2, 0.25) is 0 Å². The molecule has 1 aliphatic carbocycles. The standard InChI is InChI=1S/C11H11F3N2O2/c12-11(13,14)6-16(7-1-2-7)9-5-15-4-3-8(9)10(17)18/h3-5,7H,1-2,6H2,(H,17,18). The maximum absolute atomic E-state index is 12.5. The van der Waals surface area contributed by atoms with Crippen LogP contribution in [0.2, 0.25) is 0 Å². The van der Waals surface area contributed by atoms with E-state index in [0.29, 0.717) is 12.8 Å². The molecule has 1 N–H and O–H groups in total. The van der Waals surface area contributed by atoms with Crippen LogP contribution in [0, 0.1) is 0 Å². The van der Waals surface area contributed by atoms with Gasteiger partial charge in [0.1, 0.15) is 6.54 Å². The van der Waals surface area contributed by atoms with Gasteiger partial charge in [-0.05, 0) is 18.9 Å². The third-order valence-electron chi connectivity index (χ3n) is 2.68. The molecule has 0 bridgehead atoms. The van der Waals surface area contributed by atoms with Crippen LogP contribution in [0.15, 0.2) is 18.5 Å². The number of anilines is 1. The van der Waals surface area contributed by atoms with Gasteiger partial charge >= 0.3 is 12.1 Å². The number of nitrogens with zero attached hydrogens (tertiary/aromatic N) is 2. The van der Waals surface area contributed by atoms with Crippen molar-refractivity contribution < 1.29 is 23.1 Å². The molecule has 2 rings (SSSR count). The fourth-order valence-corrected chi connectivity index (χ4v) is 1.79. The first-order valence-electron chi connectivity index (χ1n) is 5.39. The first kappa shape index (κ1) is 12.7. The number of hydrogen-bond acceptors (Lipinski definition) is 3. The van der Waals surface area contributed by atoms with Crippen molar-refractivity contribution in [3.63, 3.8) is 0 Å². The second kappa shape index (κ2) is 4.47. The highest BCUT2D eigenvalue weighted by Gasteiger charge is 2.39. The molecule has 0 atom stereocenters. The molecule has 0 radical (unpaired) electrons. The summed E-state index contributed by atoms with van der Waals surface area (Å²) in [5.41, 5.74) is -0.119. The van der Waals surface area contributed by atoms with Crippen LogP contribution < -0.4 is 4.90 Å². The van der Waals surface area contributed by atoms with Crippen molar-refractivity contribution in [3.8, 4) is 0 Å². The number of halogens is 3. The van der Waals surface area contributed by atoms with Crippen molar-refractivity contribution in [2.75, 3.05) is 11.4 Å². The summed E-state index contributed by atoms with van der Waals surface area (Å²) in [6.45, 7) is -1.15. The van der Waals surface area contributed by atoms with Crippen LogP contribution >= 0.6 is 0 Å². The molecule has 1 aromatic heterocycles. The predicted octanol–water partition coefficient (Wildman–Crippen LogP) is 2.31. The Labute approximate surface area is 101 Å². The lowest BCUT2D eigenvalue weighted by molar-refractivity contribution is -0.120. The Kier molecular flexibility index (Phi) is 3.14. The summed E-state index contributed by atoms with van der Waals surface area (Å²) in [6.07, 6.45) is -0.651. The Morgan fingerprint density at radius 2 is 2.17 bits per heavy atom. The first-order chi connectivity index (χ1) is 8.38. The number of alkyl halides is 3. The van der Waals surface area contributed by atoms with Crippen LogP contribution in [0.1, 0.15) is 23.2 Å². The fraction of sp³-hybridized carbons (Fsp3) is 0.455. The van der Waals surface area contributed by atoms with Crippen LogP contribution in [0.3, 0.4) is 0 Å². The van der Waals surface area contributed by atoms with Gasteiger partial charge < -0.3 is 10.0 Å².